The molecule has 0 aliphatic carbocycles. The number of hydrogen-bond donors (Lipinski definition) is 3. The zero-order valence-electron chi connectivity index (χ0n) is 11.5. The highest BCUT2D eigenvalue weighted by Crippen LogP contribution is 2.19. The van der Waals surface area contributed by atoms with Gasteiger partial charge in [-0.3, -0.25) is 10.1 Å². The Kier molecular flexibility index (Phi) is 5.91. The summed E-state index contributed by atoms with van der Waals surface area (Å²) in [7, 11) is 0. The van der Waals surface area contributed by atoms with Gasteiger partial charge in [-0.25, -0.2) is 4.79 Å². The molecular formula is C15H10ClIN2O3S. The van der Waals surface area contributed by atoms with Crippen molar-refractivity contribution < 1.29 is 14.7 Å². The SMILES string of the molecule is O=C(NC(=S)Nc1ccc(I)cc1C(=O)O)c1ccccc1Cl. The first-order chi connectivity index (χ1) is 10.9. The lowest BCUT2D eigenvalue weighted by Crippen LogP contribution is -2.34. The van der Waals surface area contributed by atoms with E-state index >= 15 is 0 Å². The van der Waals surface area contributed by atoms with Crippen LogP contribution in [0.3, 0.4) is 0 Å². The Morgan fingerprint density at radius 2 is 1.83 bits per heavy atom. The smallest absolute Gasteiger partial charge is 0.337 e. The van der Waals surface area contributed by atoms with Gasteiger partial charge < -0.3 is 10.4 Å². The molecule has 0 aliphatic rings. The van der Waals surface area contributed by atoms with Gasteiger partial charge in [0.15, 0.2) is 5.11 Å². The summed E-state index contributed by atoms with van der Waals surface area (Å²) < 4.78 is 0.775. The minimum atomic E-state index is -1.09. The molecule has 0 fully saturated rings. The van der Waals surface area contributed by atoms with Crippen molar-refractivity contribution in [3.05, 3.63) is 62.2 Å². The molecule has 0 unspecified atom stereocenters. The van der Waals surface area contributed by atoms with Crippen molar-refractivity contribution in [3.8, 4) is 0 Å². The summed E-state index contributed by atoms with van der Waals surface area (Å²) in [6.07, 6.45) is 0. The standard InChI is InChI=1S/C15H10ClIN2O3S/c16-11-4-2-1-3-9(11)13(20)19-15(23)18-12-6-5-8(17)7-10(12)14(21)22/h1-7H,(H,21,22)(H2,18,19,20,23). The quantitative estimate of drug-likeness (QED) is 0.480. The van der Waals surface area contributed by atoms with Gasteiger partial charge in [0.05, 0.1) is 21.8 Å². The Balaban J connectivity index is 2.13. The van der Waals surface area contributed by atoms with Crippen molar-refractivity contribution in [1.82, 2.24) is 5.32 Å². The third kappa shape index (κ3) is 4.63. The van der Waals surface area contributed by atoms with Crippen LogP contribution in [0.15, 0.2) is 42.5 Å². The number of carbonyl (C=O) groups excluding carboxylic acids is 1. The van der Waals surface area contributed by atoms with Crippen LogP contribution < -0.4 is 10.6 Å². The Labute approximate surface area is 156 Å². The number of amides is 1. The number of halogens is 2. The highest BCUT2D eigenvalue weighted by atomic mass is 127. The van der Waals surface area contributed by atoms with Gasteiger partial charge in [0.25, 0.3) is 5.91 Å². The lowest BCUT2D eigenvalue weighted by atomic mass is 10.2. The van der Waals surface area contributed by atoms with Crippen LogP contribution in [-0.2, 0) is 0 Å². The molecule has 0 atom stereocenters. The van der Waals surface area contributed by atoms with Crippen LogP contribution in [0.5, 0.6) is 0 Å². The monoisotopic (exact) mass is 460 g/mol. The number of carbonyl (C=O) groups is 2. The maximum atomic E-state index is 12.1. The second kappa shape index (κ2) is 7.71. The predicted octanol–water partition coefficient (Wildman–Crippen LogP) is 3.77. The van der Waals surface area contributed by atoms with Gasteiger partial charge >= 0.3 is 5.97 Å². The van der Waals surface area contributed by atoms with Crippen molar-refractivity contribution in [3.63, 3.8) is 0 Å². The molecule has 0 aromatic heterocycles. The fourth-order valence-electron chi connectivity index (χ4n) is 1.77. The van der Waals surface area contributed by atoms with Crippen LogP contribution in [0.4, 0.5) is 5.69 Å². The number of nitrogens with one attached hydrogen (secondary N) is 2. The van der Waals surface area contributed by atoms with E-state index in [1.54, 1.807) is 36.4 Å². The highest BCUT2D eigenvalue weighted by Gasteiger charge is 2.14. The van der Waals surface area contributed by atoms with E-state index in [0.29, 0.717) is 10.7 Å². The van der Waals surface area contributed by atoms with Crippen LogP contribution in [-0.4, -0.2) is 22.1 Å². The maximum Gasteiger partial charge on any atom is 0.337 e. The first kappa shape index (κ1) is 17.6. The van der Waals surface area contributed by atoms with E-state index in [0.717, 1.165) is 3.57 Å². The van der Waals surface area contributed by atoms with Crippen molar-refractivity contribution in [2.45, 2.75) is 0 Å². The molecule has 23 heavy (non-hydrogen) atoms. The summed E-state index contributed by atoms with van der Waals surface area (Å²) in [6.45, 7) is 0. The fraction of sp³-hybridized carbons (Fsp3) is 0. The lowest BCUT2D eigenvalue weighted by Gasteiger charge is -2.12. The Hall–Kier alpha value is -1.71. The van der Waals surface area contributed by atoms with Crippen LogP contribution in [0.1, 0.15) is 20.7 Å². The van der Waals surface area contributed by atoms with E-state index in [2.05, 4.69) is 10.6 Å². The van der Waals surface area contributed by atoms with E-state index in [1.807, 2.05) is 22.6 Å². The summed E-state index contributed by atoms with van der Waals surface area (Å²) in [5.74, 6) is -1.57. The Bertz CT molecular complexity index is 798. The number of aromatic carboxylic acids is 1. The summed E-state index contributed by atoms with van der Waals surface area (Å²) in [5, 5.41) is 14.7. The topological polar surface area (TPSA) is 78.4 Å². The lowest BCUT2D eigenvalue weighted by molar-refractivity contribution is 0.0697. The zero-order chi connectivity index (χ0) is 17.0. The normalized spacial score (nSPS) is 10.0. The molecule has 2 rings (SSSR count). The minimum absolute atomic E-state index is 0.0152. The third-order valence-electron chi connectivity index (χ3n) is 2.81. The van der Waals surface area contributed by atoms with Gasteiger partial charge in [-0.2, -0.15) is 0 Å². The van der Waals surface area contributed by atoms with E-state index in [9.17, 15) is 14.7 Å². The second-order valence-electron chi connectivity index (χ2n) is 4.38. The molecule has 0 saturated carbocycles. The largest absolute Gasteiger partial charge is 0.478 e. The van der Waals surface area contributed by atoms with Crippen LogP contribution in [0.25, 0.3) is 0 Å². The summed E-state index contributed by atoms with van der Waals surface area (Å²) >= 11 is 13.0. The van der Waals surface area contributed by atoms with E-state index in [4.69, 9.17) is 23.8 Å². The highest BCUT2D eigenvalue weighted by molar-refractivity contribution is 14.1. The Morgan fingerprint density at radius 3 is 2.48 bits per heavy atom. The summed E-state index contributed by atoms with van der Waals surface area (Å²) in [4.78, 5) is 23.4. The number of hydrogen-bond acceptors (Lipinski definition) is 3. The second-order valence-corrected chi connectivity index (χ2v) is 6.44. The van der Waals surface area contributed by atoms with Gasteiger partial charge in [-0.1, -0.05) is 23.7 Å². The molecule has 0 spiro atoms. The van der Waals surface area contributed by atoms with Crippen molar-refractivity contribution >= 4 is 69.1 Å². The number of thiocarbonyl (C=S) groups is 1. The van der Waals surface area contributed by atoms with Gasteiger partial charge in [0, 0.05) is 3.57 Å². The molecule has 5 nitrogen and oxygen atoms in total. The molecule has 2 aromatic rings. The molecule has 8 heteroatoms. The van der Waals surface area contributed by atoms with E-state index in [1.165, 1.54) is 6.07 Å². The average Bonchev–Trinajstić information content (AvgIpc) is 2.49. The molecule has 0 saturated heterocycles. The van der Waals surface area contributed by atoms with Crippen LogP contribution in [0.2, 0.25) is 5.02 Å². The average molecular weight is 461 g/mol. The summed E-state index contributed by atoms with van der Waals surface area (Å²) in [6, 6.07) is 11.4. The minimum Gasteiger partial charge on any atom is -0.478 e. The molecule has 0 heterocycles. The van der Waals surface area contributed by atoms with Gasteiger partial charge in [-0.15, -0.1) is 0 Å². The number of carboxylic acids is 1. The van der Waals surface area contributed by atoms with Crippen molar-refractivity contribution in [1.29, 1.82) is 0 Å². The Morgan fingerprint density at radius 1 is 1.13 bits per heavy atom. The van der Waals surface area contributed by atoms with E-state index in [-0.39, 0.29) is 16.2 Å². The van der Waals surface area contributed by atoms with E-state index < -0.39 is 11.9 Å². The fourth-order valence-corrected chi connectivity index (χ4v) is 2.69. The van der Waals surface area contributed by atoms with Crippen LogP contribution in [0, 0.1) is 3.57 Å². The predicted molar refractivity (Wildman–Crippen MR) is 101 cm³/mol. The first-order valence-electron chi connectivity index (χ1n) is 6.28. The van der Waals surface area contributed by atoms with Gasteiger partial charge in [-0.05, 0) is 65.1 Å². The number of benzene rings is 2. The molecule has 0 bridgehead atoms. The summed E-state index contributed by atoms with van der Waals surface area (Å²) in [5.41, 5.74) is 0.632. The molecule has 0 aliphatic heterocycles. The number of anilines is 1. The molecule has 118 valence electrons. The molecule has 3 N–H and O–H groups in total. The molecule has 1 amide bonds. The van der Waals surface area contributed by atoms with Crippen LogP contribution >= 0.6 is 46.4 Å². The maximum absolute atomic E-state index is 12.1. The molecule has 2 aromatic carbocycles. The first-order valence-corrected chi connectivity index (χ1v) is 8.14. The molecule has 0 radical (unpaired) electrons. The number of rotatable bonds is 3. The van der Waals surface area contributed by atoms with Gasteiger partial charge in [0.2, 0.25) is 0 Å². The number of carboxylic acid groups (broad SMARTS) is 1. The third-order valence-corrected chi connectivity index (χ3v) is 4.01. The van der Waals surface area contributed by atoms with Crippen molar-refractivity contribution in [2.24, 2.45) is 0 Å². The van der Waals surface area contributed by atoms with Crippen molar-refractivity contribution in [2.75, 3.05) is 5.32 Å². The molecular weight excluding hydrogens is 451 g/mol. The van der Waals surface area contributed by atoms with Gasteiger partial charge in [0.1, 0.15) is 0 Å². The zero-order valence-corrected chi connectivity index (χ0v) is 15.2.